The monoisotopic (exact) mass is 365 g/mol. The highest BCUT2D eigenvalue weighted by atomic mass is 16.9. The number of carbonyl (C=O) groups is 1. The third-order valence-corrected chi connectivity index (χ3v) is 4.61. The molecule has 2 bridgehead atoms. The van der Waals surface area contributed by atoms with Crippen LogP contribution in [0.1, 0.15) is 34.1 Å². The van der Waals surface area contributed by atoms with Crippen LogP contribution in [0.15, 0.2) is 35.0 Å². The second-order valence-electron chi connectivity index (χ2n) is 7.95. The zero-order valence-corrected chi connectivity index (χ0v) is 15.9. The predicted octanol–water partition coefficient (Wildman–Crippen LogP) is 3.70. The summed E-state index contributed by atoms with van der Waals surface area (Å²) < 4.78 is 27.9. The minimum Gasteiger partial charge on any atom is -0.448 e. The second kappa shape index (κ2) is 6.72. The number of amides is 1. The van der Waals surface area contributed by atoms with E-state index in [0.717, 1.165) is 5.57 Å². The van der Waals surface area contributed by atoms with E-state index in [1.54, 1.807) is 19.1 Å². The molecule has 3 aliphatic rings. The van der Waals surface area contributed by atoms with Crippen molar-refractivity contribution in [2.45, 2.75) is 45.7 Å². The zero-order valence-electron chi connectivity index (χ0n) is 15.9. The molecule has 0 saturated carbocycles. The number of fused-ring (bicyclic) bond motifs is 3. The maximum atomic E-state index is 12.6. The van der Waals surface area contributed by atoms with Crippen LogP contribution in [0.25, 0.3) is 0 Å². The van der Waals surface area contributed by atoms with Gasteiger partial charge in [-0.3, -0.25) is 0 Å². The van der Waals surface area contributed by atoms with E-state index in [4.69, 9.17) is 23.4 Å². The highest BCUT2D eigenvalue weighted by Gasteiger charge is 2.51. The van der Waals surface area contributed by atoms with Crippen LogP contribution in [-0.2, 0) is 18.9 Å². The third kappa shape index (κ3) is 3.95. The Morgan fingerprint density at radius 2 is 1.88 bits per heavy atom. The van der Waals surface area contributed by atoms with E-state index in [-0.39, 0.29) is 5.41 Å². The van der Waals surface area contributed by atoms with Gasteiger partial charge in [0.15, 0.2) is 0 Å². The van der Waals surface area contributed by atoms with Crippen molar-refractivity contribution < 1.29 is 28.2 Å². The second-order valence-corrected chi connectivity index (χ2v) is 7.95. The van der Waals surface area contributed by atoms with Crippen LogP contribution in [0.5, 0.6) is 0 Å². The Hall–Kier alpha value is -1.83. The minimum atomic E-state index is -0.946. The Kier molecular flexibility index (Phi) is 4.90. The van der Waals surface area contributed by atoms with Crippen LogP contribution in [0.3, 0.4) is 0 Å². The molecule has 26 heavy (non-hydrogen) atoms. The van der Waals surface area contributed by atoms with E-state index in [0.29, 0.717) is 38.7 Å². The number of furan rings is 1. The van der Waals surface area contributed by atoms with Gasteiger partial charge in [-0.25, -0.2) is 9.69 Å². The molecule has 4 rings (SSSR count). The molecule has 0 aromatic carbocycles. The molecule has 1 aromatic rings. The molecular weight excluding hydrogens is 338 g/mol. The molecule has 0 spiro atoms. The van der Waals surface area contributed by atoms with Gasteiger partial charge in [0.1, 0.15) is 5.60 Å². The molecule has 0 unspecified atom stereocenters. The SMILES string of the molecule is C=C(CCN(C(=O)OC(C)(C)C)c1ccco1)C12COC(C)(OC1)OC2. The fourth-order valence-corrected chi connectivity index (χ4v) is 2.91. The standard InChI is InChI=1S/C19H27NO6/c1-14(19-11-23-18(5,24-12-19)25-13-19)8-9-20(15-7-6-10-22-15)16(21)26-17(2,3)4/h6-7,10H,1,8-9,11-13H2,2-5H3. The van der Waals surface area contributed by atoms with Gasteiger partial charge in [-0.05, 0) is 33.3 Å². The maximum Gasteiger partial charge on any atom is 0.417 e. The Morgan fingerprint density at radius 3 is 2.38 bits per heavy atom. The summed E-state index contributed by atoms with van der Waals surface area (Å²) >= 11 is 0. The molecule has 0 aliphatic carbocycles. The number of rotatable bonds is 5. The lowest BCUT2D eigenvalue weighted by Crippen LogP contribution is -2.59. The summed E-state index contributed by atoms with van der Waals surface area (Å²) in [7, 11) is 0. The lowest BCUT2D eigenvalue weighted by molar-refractivity contribution is -0.454. The fourth-order valence-electron chi connectivity index (χ4n) is 2.91. The molecule has 0 radical (unpaired) electrons. The van der Waals surface area contributed by atoms with Gasteiger partial charge in [-0.15, -0.1) is 0 Å². The Labute approximate surface area is 153 Å². The normalized spacial score (nSPS) is 28.0. The number of nitrogens with zero attached hydrogens (tertiary/aromatic N) is 1. The number of anilines is 1. The summed E-state index contributed by atoms with van der Waals surface area (Å²) in [6, 6.07) is 3.46. The van der Waals surface area contributed by atoms with Crippen molar-refractivity contribution in [3.05, 3.63) is 30.5 Å². The van der Waals surface area contributed by atoms with Crippen molar-refractivity contribution in [3.8, 4) is 0 Å². The van der Waals surface area contributed by atoms with E-state index >= 15 is 0 Å². The summed E-state index contributed by atoms with van der Waals surface area (Å²) in [5.74, 6) is -0.508. The first-order valence-corrected chi connectivity index (χ1v) is 8.77. The van der Waals surface area contributed by atoms with Gasteiger partial charge in [0.2, 0.25) is 5.88 Å². The number of hydrogen-bond donors (Lipinski definition) is 0. The van der Waals surface area contributed by atoms with E-state index in [1.807, 2.05) is 20.8 Å². The quantitative estimate of drug-likeness (QED) is 0.741. The van der Waals surface area contributed by atoms with Gasteiger partial charge in [0.25, 0.3) is 5.97 Å². The van der Waals surface area contributed by atoms with Crippen molar-refractivity contribution >= 4 is 12.0 Å². The van der Waals surface area contributed by atoms with E-state index in [9.17, 15) is 4.79 Å². The summed E-state index contributed by atoms with van der Waals surface area (Å²) in [5.41, 5.74) is -0.0652. The van der Waals surface area contributed by atoms with Crippen molar-refractivity contribution in [2.24, 2.45) is 5.41 Å². The molecule has 3 aliphatic heterocycles. The number of hydrogen-bond acceptors (Lipinski definition) is 6. The largest absolute Gasteiger partial charge is 0.448 e. The zero-order chi connectivity index (χ0) is 19.0. The molecule has 7 nitrogen and oxygen atoms in total. The Balaban J connectivity index is 1.66. The lowest BCUT2D eigenvalue weighted by Gasteiger charge is -2.51. The fraction of sp³-hybridized carbons (Fsp3) is 0.632. The smallest absolute Gasteiger partial charge is 0.417 e. The third-order valence-electron chi connectivity index (χ3n) is 4.61. The Bertz CT molecular complexity index is 636. The average Bonchev–Trinajstić information content (AvgIpc) is 3.08. The van der Waals surface area contributed by atoms with Crippen molar-refractivity contribution in [3.63, 3.8) is 0 Å². The molecule has 1 amide bonds. The Morgan fingerprint density at radius 1 is 1.27 bits per heavy atom. The van der Waals surface area contributed by atoms with Crippen molar-refractivity contribution in [1.82, 2.24) is 0 Å². The summed E-state index contributed by atoms with van der Waals surface area (Å²) in [6.45, 7) is 13.3. The van der Waals surface area contributed by atoms with Crippen LogP contribution in [0.4, 0.5) is 10.7 Å². The maximum absolute atomic E-state index is 12.6. The van der Waals surface area contributed by atoms with Crippen LogP contribution in [0, 0.1) is 5.41 Å². The highest BCUT2D eigenvalue weighted by molar-refractivity contribution is 5.86. The van der Waals surface area contributed by atoms with Gasteiger partial charge in [0, 0.05) is 19.5 Å². The van der Waals surface area contributed by atoms with Gasteiger partial charge >= 0.3 is 6.09 Å². The summed E-state index contributed by atoms with van der Waals surface area (Å²) in [5, 5.41) is 0. The molecule has 7 heteroatoms. The minimum absolute atomic E-state index is 0.375. The van der Waals surface area contributed by atoms with E-state index in [2.05, 4.69) is 6.58 Å². The predicted molar refractivity (Wildman–Crippen MR) is 94.7 cm³/mol. The number of ether oxygens (including phenoxy) is 4. The summed E-state index contributed by atoms with van der Waals surface area (Å²) in [4.78, 5) is 14.1. The topological polar surface area (TPSA) is 70.4 Å². The van der Waals surface area contributed by atoms with Gasteiger partial charge in [-0.1, -0.05) is 12.2 Å². The molecule has 3 saturated heterocycles. The molecule has 0 N–H and O–H groups in total. The van der Waals surface area contributed by atoms with E-state index < -0.39 is 17.7 Å². The van der Waals surface area contributed by atoms with Crippen molar-refractivity contribution in [1.29, 1.82) is 0 Å². The molecular formula is C19H27NO6. The van der Waals surface area contributed by atoms with Crippen LogP contribution in [-0.4, -0.2) is 44.0 Å². The first-order valence-electron chi connectivity index (χ1n) is 8.77. The van der Waals surface area contributed by atoms with Crippen LogP contribution < -0.4 is 4.90 Å². The molecule has 144 valence electrons. The average molecular weight is 365 g/mol. The van der Waals surface area contributed by atoms with Crippen molar-refractivity contribution in [2.75, 3.05) is 31.3 Å². The summed E-state index contributed by atoms with van der Waals surface area (Å²) in [6.07, 6.45) is 1.62. The lowest BCUT2D eigenvalue weighted by atomic mass is 9.79. The van der Waals surface area contributed by atoms with Crippen LogP contribution in [0.2, 0.25) is 0 Å². The van der Waals surface area contributed by atoms with E-state index in [1.165, 1.54) is 11.2 Å². The molecule has 3 fully saturated rings. The first kappa shape index (κ1) is 18.9. The number of carbonyl (C=O) groups excluding carboxylic acids is 1. The van der Waals surface area contributed by atoms with Gasteiger partial charge in [-0.2, -0.15) is 0 Å². The first-order chi connectivity index (χ1) is 12.1. The van der Waals surface area contributed by atoms with Gasteiger partial charge < -0.3 is 23.4 Å². The van der Waals surface area contributed by atoms with Crippen LogP contribution >= 0.6 is 0 Å². The van der Waals surface area contributed by atoms with Gasteiger partial charge in [0.05, 0.1) is 31.5 Å². The highest BCUT2D eigenvalue weighted by Crippen LogP contribution is 2.43. The molecule has 0 atom stereocenters. The molecule has 4 heterocycles. The molecule has 1 aromatic heterocycles.